The van der Waals surface area contributed by atoms with Crippen LogP contribution in [-0.4, -0.2) is 19.0 Å². The summed E-state index contributed by atoms with van der Waals surface area (Å²) in [7, 11) is 0. The molecule has 0 aromatic rings. The Hall–Kier alpha value is -2.12. The molecule has 1 rings (SSSR count). The maximum Gasteiger partial charge on any atom is 0.228 e. The van der Waals surface area contributed by atoms with Crippen molar-refractivity contribution in [3.05, 3.63) is 0 Å². The summed E-state index contributed by atoms with van der Waals surface area (Å²) in [6.45, 7) is 3.86. The zero-order chi connectivity index (χ0) is 14.6. The lowest BCUT2D eigenvalue weighted by molar-refractivity contribution is -0.263. The lowest BCUT2D eigenvalue weighted by atomic mass is 9.67. The molecule has 0 N–H and O–H groups in total. The SMILES string of the molecule is CCOC1(OCC)CCC(C#N)(C#N)C1(C#N)C#N. The highest BCUT2D eigenvalue weighted by molar-refractivity contribution is 5.41. The van der Waals surface area contributed by atoms with Crippen LogP contribution in [0.1, 0.15) is 26.7 Å². The van der Waals surface area contributed by atoms with Crippen LogP contribution in [-0.2, 0) is 9.47 Å². The fraction of sp³-hybridized carbons (Fsp3) is 0.692. The Labute approximate surface area is 112 Å². The molecule has 0 bridgehead atoms. The van der Waals surface area contributed by atoms with Gasteiger partial charge in [0.2, 0.25) is 11.2 Å². The van der Waals surface area contributed by atoms with E-state index in [-0.39, 0.29) is 26.1 Å². The van der Waals surface area contributed by atoms with Crippen LogP contribution >= 0.6 is 0 Å². The Bertz CT molecular complexity index is 481. The van der Waals surface area contributed by atoms with Crippen LogP contribution in [0.3, 0.4) is 0 Å². The Morgan fingerprint density at radius 3 is 1.63 bits per heavy atom. The molecule has 0 aromatic heterocycles. The van der Waals surface area contributed by atoms with Crippen LogP contribution in [0.15, 0.2) is 0 Å². The summed E-state index contributed by atoms with van der Waals surface area (Å²) in [6.07, 6.45) is 0.234. The molecule has 0 atom stereocenters. The number of rotatable bonds is 4. The first-order valence-electron chi connectivity index (χ1n) is 6.00. The highest BCUT2D eigenvalue weighted by atomic mass is 16.7. The smallest absolute Gasteiger partial charge is 0.228 e. The second kappa shape index (κ2) is 5.25. The normalized spacial score (nSPS) is 21.6. The lowest BCUT2D eigenvalue weighted by Crippen LogP contribution is -2.53. The van der Waals surface area contributed by atoms with E-state index >= 15 is 0 Å². The highest BCUT2D eigenvalue weighted by Crippen LogP contribution is 2.59. The number of hydrogen-bond donors (Lipinski definition) is 0. The summed E-state index contributed by atoms with van der Waals surface area (Å²) in [5.74, 6) is -1.52. The standard InChI is InChI=1S/C13H14N4O2/c1-3-18-13(19-4-2)6-5-11(7-14,8-15)12(13,9-16)10-17/h3-6H2,1-2H3. The Kier molecular flexibility index (Phi) is 4.13. The van der Waals surface area contributed by atoms with Crippen LogP contribution in [0.5, 0.6) is 0 Å². The zero-order valence-corrected chi connectivity index (χ0v) is 10.9. The van der Waals surface area contributed by atoms with E-state index in [0.29, 0.717) is 0 Å². The summed E-state index contributed by atoms with van der Waals surface area (Å²) < 4.78 is 11.0. The molecule has 0 heterocycles. The van der Waals surface area contributed by atoms with E-state index in [1.165, 1.54) is 0 Å². The molecule has 0 aliphatic heterocycles. The third-order valence-electron chi connectivity index (χ3n) is 3.51. The van der Waals surface area contributed by atoms with Gasteiger partial charge in [0, 0.05) is 19.6 Å². The monoisotopic (exact) mass is 258 g/mol. The van der Waals surface area contributed by atoms with Crippen molar-refractivity contribution in [3.63, 3.8) is 0 Å². The topological polar surface area (TPSA) is 114 Å². The third-order valence-corrected chi connectivity index (χ3v) is 3.51. The van der Waals surface area contributed by atoms with Crippen LogP contribution in [0.4, 0.5) is 0 Å². The molecular weight excluding hydrogens is 244 g/mol. The second-order valence-corrected chi connectivity index (χ2v) is 4.22. The molecule has 1 aliphatic carbocycles. The maximum atomic E-state index is 9.47. The number of hydrogen-bond acceptors (Lipinski definition) is 6. The summed E-state index contributed by atoms with van der Waals surface area (Å²) in [4.78, 5) is 0. The lowest BCUT2D eigenvalue weighted by Gasteiger charge is -2.38. The molecular formula is C13H14N4O2. The van der Waals surface area contributed by atoms with Gasteiger partial charge in [0.1, 0.15) is 0 Å². The van der Waals surface area contributed by atoms with Gasteiger partial charge in [-0.05, 0) is 20.3 Å². The summed E-state index contributed by atoms with van der Waals surface area (Å²) in [5.41, 5.74) is -3.68. The van der Waals surface area contributed by atoms with Gasteiger partial charge < -0.3 is 9.47 Å². The van der Waals surface area contributed by atoms with E-state index in [1.54, 1.807) is 13.8 Å². The predicted octanol–water partition coefficient (Wildman–Crippen LogP) is 1.62. The summed E-state index contributed by atoms with van der Waals surface area (Å²) in [5, 5.41) is 37.5. The fourth-order valence-corrected chi connectivity index (χ4v) is 2.61. The van der Waals surface area contributed by atoms with Gasteiger partial charge in [-0.3, -0.25) is 0 Å². The second-order valence-electron chi connectivity index (χ2n) is 4.22. The molecule has 6 heteroatoms. The first-order valence-corrected chi connectivity index (χ1v) is 6.00. The molecule has 0 radical (unpaired) electrons. The zero-order valence-electron chi connectivity index (χ0n) is 10.9. The van der Waals surface area contributed by atoms with Gasteiger partial charge >= 0.3 is 0 Å². The average Bonchev–Trinajstić information content (AvgIpc) is 2.70. The molecule has 0 saturated heterocycles. The van der Waals surface area contributed by atoms with Gasteiger partial charge in [0.25, 0.3) is 0 Å². The van der Waals surface area contributed by atoms with E-state index in [9.17, 15) is 21.0 Å². The molecule has 0 spiro atoms. The van der Waals surface area contributed by atoms with Gasteiger partial charge in [0.05, 0.1) is 24.3 Å². The van der Waals surface area contributed by atoms with E-state index < -0.39 is 16.6 Å². The minimum absolute atomic E-state index is 0.0706. The molecule has 1 saturated carbocycles. The van der Waals surface area contributed by atoms with E-state index in [1.807, 2.05) is 24.3 Å². The summed E-state index contributed by atoms with van der Waals surface area (Å²) in [6, 6.07) is 7.30. The Morgan fingerprint density at radius 1 is 0.842 bits per heavy atom. The van der Waals surface area contributed by atoms with Crippen LogP contribution < -0.4 is 0 Å². The molecule has 1 aliphatic rings. The van der Waals surface area contributed by atoms with Crippen molar-refractivity contribution < 1.29 is 9.47 Å². The van der Waals surface area contributed by atoms with E-state index in [0.717, 1.165) is 0 Å². The van der Waals surface area contributed by atoms with E-state index in [4.69, 9.17) is 9.47 Å². The highest BCUT2D eigenvalue weighted by Gasteiger charge is 2.73. The quantitative estimate of drug-likeness (QED) is 0.708. The molecule has 0 unspecified atom stereocenters. The van der Waals surface area contributed by atoms with Crippen molar-refractivity contribution in [3.8, 4) is 24.3 Å². The van der Waals surface area contributed by atoms with Crippen molar-refractivity contribution in [2.24, 2.45) is 10.8 Å². The maximum absolute atomic E-state index is 9.47. The predicted molar refractivity (Wildman–Crippen MR) is 62.5 cm³/mol. The van der Waals surface area contributed by atoms with Crippen molar-refractivity contribution in [2.45, 2.75) is 32.5 Å². The van der Waals surface area contributed by atoms with Crippen LogP contribution in [0.25, 0.3) is 0 Å². The summed E-state index contributed by atoms with van der Waals surface area (Å²) >= 11 is 0. The Morgan fingerprint density at radius 2 is 1.32 bits per heavy atom. The van der Waals surface area contributed by atoms with Crippen molar-refractivity contribution in [1.82, 2.24) is 0 Å². The molecule has 0 aromatic carbocycles. The molecule has 1 fully saturated rings. The van der Waals surface area contributed by atoms with Gasteiger partial charge in [0.15, 0.2) is 5.41 Å². The first-order chi connectivity index (χ1) is 9.07. The minimum atomic E-state index is -1.95. The largest absolute Gasteiger partial charge is 0.348 e. The molecule has 19 heavy (non-hydrogen) atoms. The molecule has 6 nitrogen and oxygen atoms in total. The Balaban J connectivity index is 3.54. The average molecular weight is 258 g/mol. The minimum Gasteiger partial charge on any atom is -0.348 e. The number of nitrogens with zero attached hydrogens (tertiary/aromatic N) is 4. The van der Waals surface area contributed by atoms with E-state index in [2.05, 4.69) is 0 Å². The number of nitriles is 4. The van der Waals surface area contributed by atoms with Crippen LogP contribution in [0, 0.1) is 56.2 Å². The molecule has 98 valence electrons. The third kappa shape index (κ3) is 1.66. The van der Waals surface area contributed by atoms with Crippen molar-refractivity contribution in [2.75, 3.05) is 13.2 Å². The number of ether oxygens (including phenoxy) is 2. The van der Waals surface area contributed by atoms with Crippen molar-refractivity contribution >= 4 is 0 Å². The van der Waals surface area contributed by atoms with Gasteiger partial charge in [-0.15, -0.1) is 0 Å². The fourth-order valence-electron chi connectivity index (χ4n) is 2.61. The molecule has 0 amide bonds. The van der Waals surface area contributed by atoms with Gasteiger partial charge in [-0.2, -0.15) is 21.0 Å². The van der Waals surface area contributed by atoms with Crippen molar-refractivity contribution in [1.29, 1.82) is 21.0 Å². The van der Waals surface area contributed by atoms with Crippen LogP contribution in [0.2, 0.25) is 0 Å². The first kappa shape index (κ1) is 14.9. The van der Waals surface area contributed by atoms with Gasteiger partial charge in [-0.25, -0.2) is 0 Å². The van der Waals surface area contributed by atoms with Gasteiger partial charge in [-0.1, -0.05) is 0 Å².